The molecule has 7 nitrogen and oxygen atoms in total. The van der Waals surface area contributed by atoms with Crippen LogP contribution in [-0.4, -0.2) is 59.0 Å². The van der Waals surface area contributed by atoms with Gasteiger partial charge in [0.05, 0.1) is 18.4 Å². The maximum atomic E-state index is 11.9. The molecule has 1 heterocycles. The summed E-state index contributed by atoms with van der Waals surface area (Å²) in [6, 6.07) is 0. The molecule has 0 amide bonds. The van der Waals surface area contributed by atoms with Crippen LogP contribution in [0.1, 0.15) is 33.1 Å². The second-order valence-electron chi connectivity index (χ2n) is 4.95. The Kier molecular flexibility index (Phi) is 8.63. The van der Waals surface area contributed by atoms with Crippen molar-refractivity contribution >= 4 is 16.0 Å². The van der Waals surface area contributed by atoms with Gasteiger partial charge in [0.2, 0.25) is 10.0 Å². The van der Waals surface area contributed by atoms with Gasteiger partial charge in [0, 0.05) is 26.2 Å². The lowest BCUT2D eigenvalue weighted by Gasteiger charge is -2.22. The number of rotatable bonds is 8. The highest BCUT2D eigenvalue weighted by molar-refractivity contribution is 7.89. The Balaban J connectivity index is 2.32. The van der Waals surface area contributed by atoms with E-state index in [1.165, 1.54) is 0 Å². The lowest BCUT2D eigenvalue weighted by Crippen LogP contribution is -2.39. The van der Waals surface area contributed by atoms with Crippen molar-refractivity contribution in [3.8, 4) is 0 Å². The quantitative estimate of drug-likeness (QED) is 0.434. The average molecular weight is 320 g/mol. The largest absolute Gasteiger partial charge is 0.377 e. The molecule has 1 unspecified atom stereocenters. The highest BCUT2D eigenvalue weighted by atomic mass is 32.2. The summed E-state index contributed by atoms with van der Waals surface area (Å²) in [4.78, 5) is 4.23. The molecule has 0 saturated carbocycles. The number of sulfonamides is 1. The number of aliphatic imine (C=N–C) groups is 1. The monoisotopic (exact) mass is 320 g/mol. The van der Waals surface area contributed by atoms with Crippen LogP contribution in [0, 0.1) is 0 Å². The molecule has 1 rings (SSSR count). The van der Waals surface area contributed by atoms with E-state index in [4.69, 9.17) is 4.74 Å². The molecule has 1 fully saturated rings. The molecule has 1 atom stereocenters. The van der Waals surface area contributed by atoms with E-state index >= 15 is 0 Å². The first-order valence-electron chi connectivity index (χ1n) is 7.68. The zero-order chi connectivity index (χ0) is 15.6. The van der Waals surface area contributed by atoms with Crippen LogP contribution in [0.25, 0.3) is 0 Å². The third kappa shape index (κ3) is 8.23. The molecule has 1 aliphatic heterocycles. The van der Waals surface area contributed by atoms with Gasteiger partial charge in [-0.25, -0.2) is 13.1 Å². The Morgan fingerprint density at radius 3 is 2.52 bits per heavy atom. The SMILES string of the molecule is CCNC(=NCCS(=O)(=O)NCC1CCCCO1)NCC. The van der Waals surface area contributed by atoms with Crippen LogP contribution >= 0.6 is 0 Å². The minimum absolute atomic E-state index is 0.0103. The summed E-state index contributed by atoms with van der Waals surface area (Å²) < 4.78 is 31.9. The fourth-order valence-corrected chi connectivity index (χ4v) is 2.96. The van der Waals surface area contributed by atoms with Crippen LogP contribution in [0.5, 0.6) is 0 Å². The van der Waals surface area contributed by atoms with Gasteiger partial charge in [0.15, 0.2) is 5.96 Å². The molecule has 1 saturated heterocycles. The number of hydrogen-bond acceptors (Lipinski definition) is 4. The smallest absolute Gasteiger partial charge is 0.213 e. The fraction of sp³-hybridized carbons (Fsp3) is 0.923. The zero-order valence-corrected chi connectivity index (χ0v) is 13.8. The van der Waals surface area contributed by atoms with Crippen LogP contribution in [0.15, 0.2) is 4.99 Å². The topological polar surface area (TPSA) is 91.8 Å². The van der Waals surface area contributed by atoms with Crippen molar-refractivity contribution in [2.75, 3.05) is 38.5 Å². The molecule has 0 aromatic rings. The number of guanidine groups is 1. The van der Waals surface area contributed by atoms with E-state index in [1.54, 1.807) is 0 Å². The minimum atomic E-state index is -3.30. The molecule has 0 aromatic carbocycles. The lowest BCUT2D eigenvalue weighted by molar-refractivity contribution is 0.0200. The summed E-state index contributed by atoms with van der Waals surface area (Å²) in [7, 11) is -3.30. The van der Waals surface area contributed by atoms with E-state index in [9.17, 15) is 8.42 Å². The lowest BCUT2D eigenvalue weighted by atomic mass is 10.1. The van der Waals surface area contributed by atoms with Crippen LogP contribution in [0.2, 0.25) is 0 Å². The Labute approximate surface area is 128 Å². The summed E-state index contributed by atoms with van der Waals surface area (Å²) >= 11 is 0. The third-order valence-corrected chi connectivity index (χ3v) is 4.45. The van der Waals surface area contributed by atoms with Crippen molar-refractivity contribution in [2.45, 2.75) is 39.2 Å². The van der Waals surface area contributed by atoms with E-state index in [-0.39, 0.29) is 18.4 Å². The minimum Gasteiger partial charge on any atom is -0.377 e. The van der Waals surface area contributed by atoms with Crippen molar-refractivity contribution < 1.29 is 13.2 Å². The summed E-state index contributed by atoms with van der Waals surface area (Å²) in [6.07, 6.45) is 3.10. The normalized spacial score (nSPS) is 19.0. The van der Waals surface area contributed by atoms with Gasteiger partial charge in [-0.15, -0.1) is 0 Å². The van der Waals surface area contributed by atoms with Crippen LogP contribution in [0.3, 0.4) is 0 Å². The molecule has 1 aliphatic rings. The first-order valence-corrected chi connectivity index (χ1v) is 9.33. The first-order chi connectivity index (χ1) is 10.1. The summed E-state index contributed by atoms with van der Waals surface area (Å²) in [5.74, 6) is 0.630. The van der Waals surface area contributed by atoms with Crippen LogP contribution in [0.4, 0.5) is 0 Å². The standard InChI is InChI=1S/C13H28N4O3S/c1-3-14-13(15-4-2)16-8-10-21(18,19)17-11-12-7-5-6-9-20-12/h12,17H,3-11H2,1-2H3,(H2,14,15,16). The maximum Gasteiger partial charge on any atom is 0.213 e. The third-order valence-electron chi connectivity index (χ3n) is 3.12. The van der Waals surface area contributed by atoms with E-state index < -0.39 is 10.0 Å². The maximum absolute atomic E-state index is 11.9. The molecule has 0 radical (unpaired) electrons. The van der Waals surface area contributed by atoms with E-state index in [0.29, 0.717) is 12.5 Å². The summed E-state index contributed by atoms with van der Waals surface area (Å²) in [5, 5.41) is 6.11. The van der Waals surface area contributed by atoms with Gasteiger partial charge in [-0.1, -0.05) is 0 Å². The van der Waals surface area contributed by atoms with Gasteiger partial charge < -0.3 is 15.4 Å². The van der Waals surface area contributed by atoms with Gasteiger partial charge in [-0.2, -0.15) is 0 Å². The number of hydrogen-bond donors (Lipinski definition) is 3. The highest BCUT2D eigenvalue weighted by Gasteiger charge is 2.17. The molecule has 0 aliphatic carbocycles. The van der Waals surface area contributed by atoms with Crippen LogP contribution in [-0.2, 0) is 14.8 Å². The predicted octanol–water partition coefficient (Wildman–Crippen LogP) is 0.0499. The van der Waals surface area contributed by atoms with Crippen molar-refractivity contribution in [1.29, 1.82) is 0 Å². The molecule has 8 heteroatoms. The highest BCUT2D eigenvalue weighted by Crippen LogP contribution is 2.11. The number of ether oxygens (including phenoxy) is 1. The Bertz CT molecular complexity index is 398. The van der Waals surface area contributed by atoms with Crippen molar-refractivity contribution in [3.63, 3.8) is 0 Å². The van der Waals surface area contributed by atoms with Gasteiger partial charge in [-0.3, -0.25) is 4.99 Å². The van der Waals surface area contributed by atoms with Gasteiger partial charge >= 0.3 is 0 Å². The molecular weight excluding hydrogens is 292 g/mol. The summed E-state index contributed by atoms with van der Waals surface area (Å²) in [5.41, 5.74) is 0. The second kappa shape index (κ2) is 9.97. The Morgan fingerprint density at radius 1 is 1.24 bits per heavy atom. The average Bonchev–Trinajstić information content (AvgIpc) is 2.47. The van der Waals surface area contributed by atoms with Crippen LogP contribution < -0.4 is 15.4 Å². The number of nitrogens with zero attached hydrogens (tertiary/aromatic N) is 1. The zero-order valence-electron chi connectivity index (χ0n) is 13.0. The molecule has 21 heavy (non-hydrogen) atoms. The summed E-state index contributed by atoms with van der Waals surface area (Å²) in [6.45, 7) is 6.75. The van der Waals surface area contributed by atoms with Gasteiger partial charge in [-0.05, 0) is 33.1 Å². The molecule has 0 spiro atoms. The van der Waals surface area contributed by atoms with Crippen molar-refractivity contribution in [2.24, 2.45) is 4.99 Å². The molecule has 124 valence electrons. The molecule has 3 N–H and O–H groups in total. The molecule has 0 aromatic heterocycles. The van der Waals surface area contributed by atoms with E-state index in [2.05, 4.69) is 20.3 Å². The Morgan fingerprint density at radius 2 is 1.95 bits per heavy atom. The van der Waals surface area contributed by atoms with Crippen molar-refractivity contribution in [1.82, 2.24) is 15.4 Å². The molecule has 0 bridgehead atoms. The molecular formula is C13H28N4O3S. The first kappa shape index (κ1) is 18.2. The van der Waals surface area contributed by atoms with Crippen molar-refractivity contribution in [3.05, 3.63) is 0 Å². The predicted molar refractivity (Wildman–Crippen MR) is 85.0 cm³/mol. The van der Waals surface area contributed by atoms with E-state index in [1.807, 2.05) is 13.8 Å². The Hall–Kier alpha value is -0.860. The van der Waals surface area contributed by atoms with Gasteiger partial charge in [0.25, 0.3) is 0 Å². The fourth-order valence-electron chi connectivity index (χ4n) is 2.05. The second-order valence-corrected chi connectivity index (χ2v) is 6.87. The van der Waals surface area contributed by atoms with E-state index in [0.717, 1.165) is 39.0 Å². The van der Waals surface area contributed by atoms with Gasteiger partial charge in [0.1, 0.15) is 0 Å². The number of nitrogens with one attached hydrogen (secondary N) is 3.